The van der Waals surface area contributed by atoms with E-state index in [1.165, 1.54) is 11.1 Å². The van der Waals surface area contributed by atoms with E-state index in [9.17, 15) is 34.4 Å². The summed E-state index contributed by atoms with van der Waals surface area (Å²) in [5.41, 5.74) is 2.53. The first kappa shape index (κ1) is 51.8. The van der Waals surface area contributed by atoms with E-state index < -0.39 is 50.8 Å². The summed E-state index contributed by atoms with van der Waals surface area (Å²) in [6, 6.07) is 0. The summed E-state index contributed by atoms with van der Waals surface area (Å²) >= 11 is 0. The lowest BCUT2D eigenvalue weighted by Crippen LogP contribution is -2.37. The fourth-order valence-electron chi connectivity index (χ4n) is 7.03. The smallest absolute Gasteiger partial charge is 0.310 e. The molecule has 1 aromatic rings. The summed E-state index contributed by atoms with van der Waals surface area (Å²) in [5.74, 6) is 0.377. The van der Waals surface area contributed by atoms with E-state index >= 15 is 0 Å². The number of allylic oxidation sites excluding steroid dienone is 1. The van der Waals surface area contributed by atoms with Crippen LogP contribution in [0.15, 0.2) is 28.7 Å². The molecule has 1 heterocycles. The molecule has 0 aromatic carbocycles. The fraction of sp³-hybridized carbons (Fsp3) is 0.773. The number of ether oxygens (including phenoxy) is 2. The van der Waals surface area contributed by atoms with Crippen molar-refractivity contribution in [3.8, 4) is 0 Å². The van der Waals surface area contributed by atoms with E-state index in [1.54, 1.807) is 24.3 Å². The van der Waals surface area contributed by atoms with Crippen molar-refractivity contribution in [2.24, 2.45) is 11.8 Å². The molecule has 14 heteroatoms. The van der Waals surface area contributed by atoms with Crippen LogP contribution in [0, 0.1) is 25.7 Å². The number of aliphatic hydroxyl groups excluding tert-OH is 3. The number of esters is 2. The third kappa shape index (κ3) is 21.3. The Kier molecular flexibility index (Phi) is 24.5. The van der Waals surface area contributed by atoms with Crippen LogP contribution in [-0.4, -0.2) is 104 Å². The zero-order valence-electron chi connectivity index (χ0n) is 36.5. The lowest BCUT2D eigenvalue weighted by atomic mass is 9.89. The van der Waals surface area contributed by atoms with Gasteiger partial charge in [-0.05, 0) is 63.0 Å². The maximum absolute atomic E-state index is 12.8. The van der Waals surface area contributed by atoms with Crippen LogP contribution in [0.1, 0.15) is 133 Å². The minimum Gasteiger partial charge on any atom is -0.756 e. The molecule has 0 aliphatic heterocycles. The van der Waals surface area contributed by atoms with Crippen molar-refractivity contribution in [1.82, 2.24) is 0 Å². The number of aryl methyl sites for hydroxylation is 2. The van der Waals surface area contributed by atoms with Crippen LogP contribution in [0.4, 0.5) is 0 Å². The van der Waals surface area contributed by atoms with Gasteiger partial charge in [-0.1, -0.05) is 83.1 Å². The second-order valence-electron chi connectivity index (χ2n) is 16.9. The lowest BCUT2D eigenvalue weighted by molar-refractivity contribution is -0.870. The Morgan fingerprint density at radius 3 is 2.22 bits per heavy atom. The third-order valence-corrected chi connectivity index (χ3v) is 11.7. The van der Waals surface area contributed by atoms with Crippen LogP contribution in [0.5, 0.6) is 0 Å². The fourth-order valence-corrected chi connectivity index (χ4v) is 7.76. The number of furan rings is 1. The third-order valence-electron chi connectivity index (χ3n) is 10.7. The molecule has 13 nitrogen and oxygen atoms in total. The van der Waals surface area contributed by atoms with Gasteiger partial charge in [0.2, 0.25) is 0 Å². The average Bonchev–Trinajstić information content (AvgIpc) is 3.58. The van der Waals surface area contributed by atoms with Crippen LogP contribution in [0.2, 0.25) is 0 Å². The highest BCUT2D eigenvalue weighted by molar-refractivity contribution is 7.45. The summed E-state index contributed by atoms with van der Waals surface area (Å²) < 4.78 is 39.9. The Hall–Kier alpha value is -2.35. The molecule has 0 bridgehead atoms. The van der Waals surface area contributed by atoms with Gasteiger partial charge in [0, 0.05) is 31.6 Å². The molecule has 1 aliphatic carbocycles. The van der Waals surface area contributed by atoms with Crippen LogP contribution < -0.4 is 4.89 Å². The zero-order valence-corrected chi connectivity index (χ0v) is 37.4. The minimum atomic E-state index is -4.73. The number of rotatable bonds is 31. The molecule has 1 aromatic heterocycles. The van der Waals surface area contributed by atoms with Crippen molar-refractivity contribution >= 4 is 19.8 Å². The van der Waals surface area contributed by atoms with Crippen molar-refractivity contribution in [2.75, 3.05) is 47.5 Å². The molecule has 0 amide bonds. The highest BCUT2D eigenvalue weighted by Crippen LogP contribution is 2.39. The number of hydrogen-bond acceptors (Lipinski definition) is 12. The van der Waals surface area contributed by atoms with Crippen molar-refractivity contribution in [3.05, 3.63) is 47.0 Å². The van der Waals surface area contributed by atoms with Gasteiger partial charge in [-0.25, -0.2) is 0 Å². The topological polar surface area (TPSA) is 185 Å². The van der Waals surface area contributed by atoms with Crippen molar-refractivity contribution in [2.45, 2.75) is 161 Å². The van der Waals surface area contributed by atoms with Crippen molar-refractivity contribution in [3.63, 3.8) is 0 Å². The number of unbranched alkanes of at least 4 members (excludes halogenated alkanes) is 7. The lowest BCUT2D eigenvalue weighted by Gasteiger charge is -2.28. The van der Waals surface area contributed by atoms with E-state index in [1.807, 2.05) is 21.1 Å². The normalized spacial score (nSPS) is 20.8. The minimum absolute atomic E-state index is 0.0966. The van der Waals surface area contributed by atoms with Gasteiger partial charge in [-0.3, -0.25) is 14.2 Å². The molecule has 58 heavy (non-hydrogen) atoms. The molecule has 1 aliphatic rings. The SMILES string of the molecule is CCCCC[C@@H](O)/C=C/[C@@H]1[C@H](C/C=C\CC(=O)O[C@H](COC(=O)CCCCCCCCc2oc(CCC)c(C)c2C)COP(=O)([O-])OCC[N+](C)(C)C)[C@@H](O)C[C@H]1O. The van der Waals surface area contributed by atoms with Crippen LogP contribution in [0.3, 0.4) is 0 Å². The second kappa shape index (κ2) is 27.5. The monoisotopic (exact) mass is 842 g/mol. The van der Waals surface area contributed by atoms with E-state index in [4.69, 9.17) is 22.9 Å². The predicted octanol–water partition coefficient (Wildman–Crippen LogP) is 6.98. The van der Waals surface area contributed by atoms with Gasteiger partial charge in [-0.2, -0.15) is 0 Å². The Morgan fingerprint density at radius 2 is 1.55 bits per heavy atom. The van der Waals surface area contributed by atoms with Gasteiger partial charge in [0.15, 0.2) is 6.10 Å². The van der Waals surface area contributed by atoms with E-state index in [0.29, 0.717) is 30.3 Å². The van der Waals surface area contributed by atoms with Gasteiger partial charge < -0.3 is 47.6 Å². The van der Waals surface area contributed by atoms with Crippen LogP contribution in [-0.2, 0) is 45.5 Å². The quantitative estimate of drug-likeness (QED) is 0.0230. The van der Waals surface area contributed by atoms with Crippen molar-refractivity contribution in [1.29, 1.82) is 0 Å². The Balaban J connectivity index is 1.84. The molecule has 7 atom stereocenters. The Morgan fingerprint density at radius 1 is 0.879 bits per heavy atom. The van der Waals surface area contributed by atoms with E-state index in [-0.39, 0.29) is 44.3 Å². The van der Waals surface area contributed by atoms with Crippen LogP contribution in [0.25, 0.3) is 0 Å². The second-order valence-corrected chi connectivity index (χ2v) is 18.3. The number of quaternary nitrogens is 1. The maximum Gasteiger partial charge on any atom is 0.310 e. The average molecular weight is 842 g/mol. The van der Waals surface area contributed by atoms with Gasteiger partial charge >= 0.3 is 11.9 Å². The number of aliphatic hydroxyl groups is 3. The highest BCUT2D eigenvalue weighted by Gasteiger charge is 2.39. The molecule has 1 fully saturated rings. The molecular formula is C44H76NO12P. The Labute approximate surface area is 348 Å². The number of hydrogen-bond donors (Lipinski definition) is 3. The van der Waals surface area contributed by atoms with Crippen molar-refractivity contribution < 1.29 is 61.8 Å². The zero-order chi connectivity index (χ0) is 43.1. The number of phosphoric ester groups is 1. The summed E-state index contributed by atoms with van der Waals surface area (Å²) in [6.07, 6.45) is 16.4. The number of carbonyl (C=O) groups excluding carboxylic acids is 2. The first-order valence-corrected chi connectivity index (χ1v) is 23.1. The van der Waals surface area contributed by atoms with E-state index in [2.05, 4.69) is 27.7 Å². The van der Waals surface area contributed by atoms with E-state index in [0.717, 1.165) is 82.1 Å². The number of nitrogens with zero attached hydrogens (tertiary/aromatic N) is 1. The number of phosphoric acid groups is 1. The molecule has 0 radical (unpaired) electrons. The summed E-state index contributed by atoms with van der Waals surface area (Å²) in [4.78, 5) is 37.9. The molecule has 0 spiro atoms. The molecule has 1 saturated carbocycles. The Bertz CT molecular complexity index is 1440. The molecule has 2 rings (SSSR count). The first-order chi connectivity index (χ1) is 27.5. The highest BCUT2D eigenvalue weighted by atomic mass is 31.2. The van der Waals surface area contributed by atoms with Gasteiger partial charge in [-0.15, -0.1) is 0 Å². The largest absolute Gasteiger partial charge is 0.756 e. The standard InChI is InChI=1S/C44H76NO12P/c1-8-10-15-21-35(46)26-27-38-37(39(47)30-40(38)48)22-18-19-25-44(50)56-36(32-55-58(51,52)54-29-28-45(5,6)7)31-53-43(49)24-17-14-12-11-13-16-23-42-34(4)33(3)41(57-42)20-9-2/h18-19,26-27,35-40,46-48H,8-17,20-25,28-32H2,1-7H3/b19-18-,27-26+/t35-,36-,37+,38-,39+,40-/m1/s1. The number of likely N-dealkylation sites (N-methyl/N-ethyl adjacent to an activating group) is 1. The maximum atomic E-state index is 12.8. The van der Waals surface area contributed by atoms with Crippen LogP contribution >= 0.6 is 7.82 Å². The first-order valence-electron chi connectivity index (χ1n) is 21.7. The van der Waals surface area contributed by atoms with Gasteiger partial charge in [0.1, 0.15) is 31.3 Å². The summed E-state index contributed by atoms with van der Waals surface area (Å²) in [5, 5.41) is 31.4. The van der Waals surface area contributed by atoms with Gasteiger partial charge in [0.25, 0.3) is 7.82 Å². The summed E-state index contributed by atoms with van der Waals surface area (Å²) in [7, 11) is 0.941. The molecular weight excluding hydrogens is 765 g/mol. The molecule has 334 valence electrons. The molecule has 1 unspecified atom stereocenters. The summed E-state index contributed by atoms with van der Waals surface area (Å²) in [6.45, 7) is 7.86. The predicted molar refractivity (Wildman–Crippen MR) is 223 cm³/mol. The van der Waals surface area contributed by atoms with Gasteiger partial charge in [0.05, 0.1) is 52.5 Å². The molecule has 3 N–H and O–H groups in total. The number of carbonyl (C=O) groups is 2. The molecule has 0 saturated heterocycles.